The van der Waals surface area contributed by atoms with Crippen molar-refractivity contribution in [2.75, 3.05) is 5.32 Å². The van der Waals surface area contributed by atoms with E-state index in [1.165, 1.54) is 18.4 Å². The number of anilines is 1. The molecule has 150 valence electrons. The van der Waals surface area contributed by atoms with Crippen LogP contribution >= 0.6 is 0 Å². The van der Waals surface area contributed by atoms with E-state index in [4.69, 9.17) is 4.42 Å². The van der Waals surface area contributed by atoms with Gasteiger partial charge in [-0.1, -0.05) is 12.1 Å². The van der Waals surface area contributed by atoms with Gasteiger partial charge in [0.25, 0.3) is 11.8 Å². The Balaban J connectivity index is 1.51. The molecule has 0 unspecified atom stereocenters. The molecule has 0 saturated carbocycles. The second kappa shape index (κ2) is 8.51. The Hall–Kier alpha value is -3.75. The zero-order valence-corrected chi connectivity index (χ0v) is 14.8. The highest BCUT2D eigenvalue weighted by Crippen LogP contribution is 2.22. The standard InChI is InChI=1S/C20H15F3N2O4/c21-20(22,23)29-16-9-5-14(6-10-16)18(26)24-12-13-3-7-15(8-4-13)25-19(27)17-2-1-11-28-17/h1-11H,12H2,(H,24,26)(H,25,27). The van der Waals surface area contributed by atoms with Crippen LogP contribution in [-0.2, 0) is 6.54 Å². The molecular weight excluding hydrogens is 389 g/mol. The van der Waals surface area contributed by atoms with E-state index in [2.05, 4.69) is 15.4 Å². The van der Waals surface area contributed by atoms with Gasteiger partial charge in [-0.25, -0.2) is 0 Å². The number of halogens is 3. The number of carbonyl (C=O) groups is 2. The van der Waals surface area contributed by atoms with Crippen molar-refractivity contribution in [3.63, 3.8) is 0 Å². The maximum atomic E-state index is 12.1. The highest BCUT2D eigenvalue weighted by atomic mass is 19.4. The van der Waals surface area contributed by atoms with E-state index < -0.39 is 18.0 Å². The summed E-state index contributed by atoms with van der Waals surface area (Å²) in [6, 6.07) is 14.6. The summed E-state index contributed by atoms with van der Waals surface area (Å²) in [6.45, 7) is 0.200. The molecule has 6 nitrogen and oxygen atoms in total. The Morgan fingerprint density at radius 3 is 2.21 bits per heavy atom. The molecule has 0 radical (unpaired) electrons. The van der Waals surface area contributed by atoms with Crippen molar-refractivity contribution in [2.24, 2.45) is 0 Å². The van der Waals surface area contributed by atoms with Crippen LogP contribution in [0.15, 0.2) is 71.3 Å². The fourth-order valence-corrected chi connectivity index (χ4v) is 2.40. The maximum absolute atomic E-state index is 12.1. The quantitative estimate of drug-likeness (QED) is 0.640. The monoisotopic (exact) mass is 404 g/mol. The predicted molar refractivity (Wildman–Crippen MR) is 97.4 cm³/mol. The average Bonchev–Trinajstić information content (AvgIpc) is 3.21. The summed E-state index contributed by atoms with van der Waals surface area (Å²) >= 11 is 0. The van der Waals surface area contributed by atoms with Gasteiger partial charge in [0.1, 0.15) is 5.75 Å². The van der Waals surface area contributed by atoms with Gasteiger partial charge in [-0.3, -0.25) is 9.59 Å². The minimum atomic E-state index is -4.78. The first-order valence-electron chi connectivity index (χ1n) is 8.38. The molecule has 2 amide bonds. The lowest BCUT2D eigenvalue weighted by molar-refractivity contribution is -0.274. The van der Waals surface area contributed by atoms with Crippen LogP contribution in [0.4, 0.5) is 18.9 Å². The highest BCUT2D eigenvalue weighted by Gasteiger charge is 2.31. The number of rotatable bonds is 6. The van der Waals surface area contributed by atoms with E-state index in [0.717, 1.165) is 17.7 Å². The van der Waals surface area contributed by atoms with Crippen molar-refractivity contribution >= 4 is 17.5 Å². The van der Waals surface area contributed by atoms with Gasteiger partial charge in [0.05, 0.1) is 6.26 Å². The van der Waals surface area contributed by atoms with E-state index in [1.54, 1.807) is 36.4 Å². The Morgan fingerprint density at radius 1 is 0.931 bits per heavy atom. The van der Waals surface area contributed by atoms with Crippen LogP contribution in [0.1, 0.15) is 26.5 Å². The third-order valence-corrected chi connectivity index (χ3v) is 3.76. The number of benzene rings is 2. The first kappa shape index (κ1) is 20.0. The van der Waals surface area contributed by atoms with Gasteiger partial charge in [0.2, 0.25) is 0 Å². The molecule has 1 aromatic heterocycles. The van der Waals surface area contributed by atoms with Gasteiger partial charge in [0, 0.05) is 17.8 Å². The van der Waals surface area contributed by atoms with Crippen molar-refractivity contribution < 1.29 is 31.9 Å². The Labute approximate surface area is 163 Å². The van der Waals surface area contributed by atoms with Gasteiger partial charge in [0.15, 0.2) is 5.76 Å². The molecule has 0 fully saturated rings. The third kappa shape index (κ3) is 5.86. The molecule has 9 heteroatoms. The molecule has 0 aliphatic heterocycles. The first-order valence-corrected chi connectivity index (χ1v) is 8.38. The van der Waals surface area contributed by atoms with Crippen molar-refractivity contribution in [3.05, 3.63) is 83.8 Å². The second-order valence-electron chi connectivity index (χ2n) is 5.88. The van der Waals surface area contributed by atoms with E-state index in [1.807, 2.05) is 0 Å². The van der Waals surface area contributed by atoms with Gasteiger partial charge < -0.3 is 19.8 Å². The summed E-state index contributed by atoms with van der Waals surface area (Å²) in [5.41, 5.74) is 1.52. The largest absolute Gasteiger partial charge is 0.573 e. The van der Waals surface area contributed by atoms with Crippen molar-refractivity contribution in [1.82, 2.24) is 5.32 Å². The Kier molecular flexibility index (Phi) is 5.87. The summed E-state index contributed by atoms with van der Waals surface area (Å²) in [7, 11) is 0. The van der Waals surface area contributed by atoms with Gasteiger partial charge in [-0.15, -0.1) is 13.2 Å². The first-order chi connectivity index (χ1) is 13.8. The lowest BCUT2D eigenvalue weighted by Gasteiger charge is -2.10. The zero-order valence-electron chi connectivity index (χ0n) is 14.8. The SMILES string of the molecule is O=C(NCc1ccc(NC(=O)c2ccco2)cc1)c1ccc(OC(F)(F)F)cc1. The molecule has 0 atom stereocenters. The van der Waals surface area contributed by atoms with Crippen molar-refractivity contribution in [3.8, 4) is 5.75 Å². The number of carbonyl (C=O) groups excluding carboxylic acids is 2. The van der Waals surface area contributed by atoms with Crippen LogP contribution in [0, 0.1) is 0 Å². The van der Waals surface area contributed by atoms with Crippen LogP contribution < -0.4 is 15.4 Å². The highest BCUT2D eigenvalue weighted by molar-refractivity contribution is 6.02. The molecule has 29 heavy (non-hydrogen) atoms. The van der Waals surface area contributed by atoms with Crippen LogP contribution in [0.3, 0.4) is 0 Å². The number of ether oxygens (including phenoxy) is 1. The third-order valence-electron chi connectivity index (χ3n) is 3.76. The molecule has 0 aliphatic carbocycles. The summed E-state index contributed by atoms with van der Waals surface area (Å²) in [5.74, 6) is -1.04. The smallest absolute Gasteiger partial charge is 0.459 e. The molecule has 0 saturated heterocycles. The summed E-state index contributed by atoms with van der Waals surface area (Å²) in [5, 5.41) is 5.33. The molecular formula is C20H15F3N2O4. The molecule has 0 spiro atoms. The molecule has 3 rings (SSSR count). The van der Waals surface area contributed by atoms with E-state index in [0.29, 0.717) is 5.69 Å². The van der Waals surface area contributed by atoms with Crippen LogP contribution in [0.5, 0.6) is 5.75 Å². The van der Waals surface area contributed by atoms with E-state index >= 15 is 0 Å². The number of furan rings is 1. The average molecular weight is 404 g/mol. The molecule has 1 heterocycles. The molecule has 2 N–H and O–H groups in total. The number of nitrogens with one attached hydrogen (secondary N) is 2. The summed E-state index contributed by atoms with van der Waals surface area (Å²) in [6.07, 6.45) is -3.38. The van der Waals surface area contributed by atoms with Gasteiger partial charge in [-0.2, -0.15) is 0 Å². The van der Waals surface area contributed by atoms with Crippen LogP contribution in [-0.4, -0.2) is 18.2 Å². The van der Waals surface area contributed by atoms with E-state index in [-0.39, 0.29) is 23.8 Å². The molecule has 0 aliphatic rings. The Morgan fingerprint density at radius 2 is 1.62 bits per heavy atom. The number of alkyl halides is 3. The normalized spacial score (nSPS) is 11.0. The summed E-state index contributed by atoms with van der Waals surface area (Å²) in [4.78, 5) is 24.0. The number of amides is 2. The fourth-order valence-electron chi connectivity index (χ4n) is 2.40. The molecule has 2 aromatic carbocycles. The number of hydrogen-bond acceptors (Lipinski definition) is 4. The van der Waals surface area contributed by atoms with Crippen LogP contribution in [0.2, 0.25) is 0 Å². The van der Waals surface area contributed by atoms with E-state index in [9.17, 15) is 22.8 Å². The minimum Gasteiger partial charge on any atom is -0.459 e. The number of hydrogen-bond donors (Lipinski definition) is 2. The van der Waals surface area contributed by atoms with Crippen LogP contribution in [0.25, 0.3) is 0 Å². The predicted octanol–water partition coefficient (Wildman–Crippen LogP) is 4.36. The van der Waals surface area contributed by atoms with Gasteiger partial charge >= 0.3 is 6.36 Å². The zero-order chi connectivity index (χ0) is 20.9. The van der Waals surface area contributed by atoms with Crippen molar-refractivity contribution in [1.29, 1.82) is 0 Å². The lowest BCUT2D eigenvalue weighted by atomic mass is 10.1. The Bertz CT molecular complexity index is 966. The maximum Gasteiger partial charge on any atom is 0.573 e. The minimum absolute atomic E-state index is 0.188. The second-order valence-corrected chi connectivity index (χ2v) is 5.88. The molecule has 3 aromatic rings. The molecule has 0 bridgehead atoms. The summed E-state index contributed by atoms with van der Waals surface area (Å²) < 4.78 is 45.2. The lowest BCUT2D eigenvalue weighted by Crippen LogP contribution is -2.23. The fraction of sp³-hybridized carbons (Fsp3) is 0.100. The topological polar surface area (TPSA) is 80.6 Å². The van der Waals surface area contributed by atoms with Gasteiger partial charge in [-0.05, 0) is 54.1 Å². The van der Waals surface area contributed by atoms with Crippen molar-refractivity contribution in [2.45, 2.75) is 12.9 Å².